The Balaban J connectivity index is 2.26. The maximum Gasteiger partial charge on any atom is 0.245 e. The fourth-order valence-electron chi connectivity index (χ4n) is 1.74. The average Bonchev–Trinajstić information content (AvgIpc) is 2.95. The van der Waals surface area contributed by atoms with Crippen LogP contribution >= 0.6 is 27.3 Å². The first-order valence-electron chi connectivity index (χ1n) is 5.76. The summed E-state index contributed by atoms with van der Waals surface area (Å²) in [5, 5.41) is 4.03. The van der Waals surface area contributed by atoms with Crippen molar-refractivity contribution < 1.29 is 8.42 Å². The normalized spacial score (nSPS) is 12.2. The molecule has 0 aliphatic carbocycles. The summed E-state index contributed by atoms with van der Waals surface area (Å²) in [7, 11) is -0.201. The van der Waals surface area contributed by atoms with Crippen LogP contribution in [0, 0.1) is 0 Å². The fourth-order valence-corrected chi connectivity index (χ4v) is 5.40. The van der Waals surface area contributed by atoms with Gasteiger partial charge in [-0.05, 0) is 22.0 Å². The van der Waals surface area contributed by atoms with Crippen molar-refractivity contribution in [1.29, 1.82) is 0 Å². The van der Waals surface area contributed by atoms with Gasteiger partial charge in [0, 0.05) is 43.8 Å². The molecule has 0 radical (unpaired) electrons. The summed E-state index contributed by atoms with van der Waals surface area (Å²) in [4.78, 5) is 1.08. The zero-order chi connectivity index (χ0) is 14.9. The number of nitrogens with zero attached hydrogens (tertiary/aromatic N) is 3. The molecule has 2 N–H and O–H groups in total. The number of sulfonamides is 1. The Kier molecular flexibility index (Phi) is 4.65. The predicted molar refractivity (Wildman–Crippen MR) is 81.8 cm³/mol. The Morgan fingerprint density at radius 3 is 2.75 bits per heavy atom. The number of aryl methyl sites for hydroxylation is 1. The molecule has 0 unspecified atom stereocenters. The molecule has 0 saturated heterocycles. The Bertz CT molecular complexity index is 708. The van der Waals surface area contributed by atoms with Crippen LogP contribution in [-0.2, 0) is 30.2 Å². The second-order valence-corrected chi connectivity index (χ2v) is 8.81. The van der Waals surface area contributed by atoms with Gasteiger partial charge in [-0.15, -0.1) is 11.3 Å². The number of rotatable bonds is 5. The van der Waals surface area contributed by atoms with Crippen LogP contribution in [0.15, 0.2) is 27.1 Å². The van der Waals surface area contributed by atoms with Crippen molar-refractivity contribution >= 4 is 37.3 Å². The molecule has 6 nitrogen and oxygen atoms in total. The van der Waals surface area contributed by atoms with Crippen LogP contribution < -0.4 is 5.73 Å². The fraction of sp³-hybridized carbons (Fsp3) is 0.364. The van der Waals surface area contributed by atoms with Gasteiger partial charge in [0.15, 0.2) is 0 Å². The van der Waals surface area contributed by atoms with E-state index in [1.165, 1.54) is 15.6 Å². The highest BCUT2D eigenvalue weighted by atomic mass is 79.9. The minimum Gasteiger partial charge on any atom is -0.326 e. The molecule has 0 aliphatic rings. The zero-order valence-corrected chi connectivity index (χ0v) is 14.3. The minimum absolute atomic E-state index is 0.259. The Hall–Kier alpha value is -0.740. The lowest BCUT2D eigenvalue weighted by Crippen LogP contribution is -2.26. The molecule has 2 heterocycles. The number of hydrogen-bond donors (Lipinski definition) is 1. The Labute approximate surface area is 130 Å². The molecule has 110 valence electrons. The molecule has 2 aromatic rings. The molecule has 2 rings (SSSR count). The zero-order valence-electron chi connectivity index (χ0n) is 11.1. The molecule has 0 aliphatic heterocycles. The second kappa shape index (κ2) is 5.94. The molecule has 0 fully saturated rings. The number of halogens is 1. The Morgan fingerprint density at radius 1 is 1.55 bits per heavy atom. The van der Waals surface area contributed by atoms with Crippen LogP contribution in [0.2, 0.25) is 0 Å². The van der Waals surface area contributed by atoms with Crippen LogP contribution in [0.5, 0.6) is 0 Å². The molecular formula is C11H15BrN4O2S2. The van der Waals surface area contributed by atoms with E-state index < -0.39 is 10.0 Å². The molecule has 0 aromatic carbocycles. The van der Waals surface area contributed by atoms with E-state index in [0.717, 1.165) is 10.4 Å². The van der Waals surface area contributed by atoms with Crippen LogP contribution in [0.3, 0.4) is 0 Å². The highest BCUT2D eigenvalue weighted by Gasteiger charge is 2.25. The topological polar surface area (TPSA) is 81.2 Å². The monoisotopic (exact) mass is 378 g/mol. The first-order valence-corrected chi connectivity index (χ1v) is 8.81. The average molecular weight is 379 g/mol. The van der Waals surface area contributed by atoms with Crippen LogP contribution in [0.25, 0.3) is 0 Å². The van der Waals surface area contributed by atoms with E-state index in [1.807, 2.05) is 0 Å². The van der Waals surface area contributed by atoms with E-state index in [2.05, 4.69) is 21.0 Å². The quantitative estimate of drug-likeness (QED) is 0.854. The molecule has 0 saturated carbocycles. The van der Waals surface area contributed by atoms with Gasteiger partial charge in [-0.1, -0.05) is 0 Å². The third kappa shape index (κ3) is 3.12. The SMILES string of the molecule is CN(Cc1cnn(C)c1)S(=O)(=O)c1cc(CN)sc1Br. The van der Waals surface area contributed by atoms with E-state index >= 15 is 0 Å². The molecule has 20 heavy (non-hydrogen) atoms. The number of hydrogen-bond acceptors (Lipinski definition) is 5. The second-order valence-electron chi connectivity index (χ2n) is 4.34. The van der Waals surface area contributed by atoms with Crippen molar-refractivity contribution in [2.75, 3.05) is 7.05 Å². The van der Waals surface area contributed by atoms with E-state index in [0.29, 0.717) is 10.3 Å². The van der Waals surface area contributed by atoms with Gasteiger partial charge in [-0.2, -0.15) is 9.40 Å². The van der Waals surface area contributed by atoms with Crippen LogP contribution in [0.4, 0.5) is 0 Å². The largest absolute Gasteiger partial charge is 0.326 e. The van der Waals surface area contributed by atoms with E-state index in [-0.39, 0.29) is 11.4 Å². The van der Waals surface area contributed by atoms with Crippen molar-refractivity contribution in [3.8, 4) is 0 Å². The van der Waals surface area contributed by atoms with Gasteiger partial charge in [-0.3, -0.25) is 4.68 Å². The number of nitrogens with two attached hydrogens (primary N) is 1. The van der Waals surface area contributed by atoms with E-state index in [4.69, 9.17) is 5.73 Å². The lowest BCUT2D eigenvalue weighted by atomic mass is 10.4. The summed E-state index contributed by atoms with van der Waals surface area (Å²) in [5.41, 5.74) is 6.38. The van der Waals surface area contributed by atoms with Crippen molar-refractivity contribution in [2.24, 2.45) is 12.8 Å². The number of aromatic nitrogens is 2. The van der Waals surface area contributed by atoms with Gasteiger partial charge in [0.2, 0.25) is 10.0 Å². The third-order valence-electron chi connectivity index (χ3n) is 2.76. The molecule has 0 amide bonds. The molecule has 2 aromatic heterocycles. The van der Waals surface area contributed by atoms with Crippen molar-refractivity contribution in [3.05, 3.63) is 32.7 Å². The molecule has 0 bridgehead atoms. The molecule has 9 heteroatoms. The van der Waals surface area contributed by atoms with Crippen molar-refractivity contribution in [3.63, 3.8) is 0 Å². The highest BCUT2D eigenvalue weighted by Crippen LogP contribution is 2.33. The van der Waals surface area contributed by atoms with Gasteiger partial charge in [0.25, 0.3) is 0 Å². The maximum atomic E-state index is 12.5. The van der Waals surface area contributed by atoms with Gasteiger partial charge < -0.3 is 5.73 Å². The number of thiophene rings is 1. The molecule has 0 atom stereocenters. The van der Waals surface area contributed by atoms with Crippen LogP contribution in [-0.4, -0.2) is 29.6 Å². The first-order chi connectivity index (χ1) is 9.34. The molecule has 0 spiro atoms. The summed E-state index contributed by atoms with van der Waals surface area (Å²) < 4.78 is 28.6. The van der Waals surface area contributed by atoms with Crippen LogP contribution in [0.1, 0.15) is 10.4 Å². The maximum absolute atomic E-state index is 12.5. The highest BCUT2D eigenvalue weighted by molar-refractivity contribution is 9.11. The van der Waals surface area contributed by atoms with Gasteiger partial charge in [0.05, 0.1) is 9.98 Å². The summed E-state index contributed by atoms with van der Waals surface area (Å²) in [5.74, 6) is 0. The first kappa shape index (κ1) is 15.6. The standard InChI is InChI=1S/C11H15BrN4O2S2/c1-15-6-8(5-14-15)7-16(2)20(17,18)10-3-9(4-13)19-11(10)12/h3,5-6H,4,7,13H2,1-2H3. The summed E-state index contributed by atoms with van der Waals surface area (Å²) in [6.45, 7) is 0.599. The third-order valence-corrected chi connectivity index (χ3v) is 6.84. The Morgan fingerprint density at radius 2 is 2.25 bits per heavy atom. The summed E-state index contributed by atoms with van der Waals surface area (Å²) >= 11 is 4.63. The lowest BCUT2D eigenvalue weighted by molar-refractivity contribution is 0.466. The van der Waals surface area contributed by atoms with Crippen molar-refractivity contribution in [1.82, 2.24) is 14.1 Å². The molecular weight excluding hydrogens is 364 g/mol. The van der Waals surface area contributed by atoms with Crippen molar-refractivity contribution in [2.45, 2.75) is 18.0 Å². The summed E-state index contributed by atoms with van der Waals surface area (Å²) in [6.07, 6.45) is 3.44. The minimum atomic E-state index is -3.54. The lowest BCUT2D eigenvalue weighted by Gasteiger charge is -2.15. The van der Waals surface area contributed by atoms with Gasteiger partial charge in [0.1, 0.15) is 4.90 Å². The van der Waals surface area contributed by atoms with E-state index in [9.17, 15) is 8.42 Å². The van der Waals surface area contributed by atoms with Gasteiger partial charge >= 0.3 is 0 Å². The van der Waals surface area contributed by atoms with Gasteiger partial charge in [-0.25, -0.2) is 8.42 Å². The van der Waals surface area contributed by atoms with E-state index in [1.54, 1.807) is 37.2 Å². The predicted octanol–water partition coefficient (Wildman–Crippen LogP) is 1.52. The smallest absolute Gasteiger partial charge is 0.245 e. The summed E-state index contributed by atoms with van der Waals surface area (Å²) in [6, 6.07) is 1.61.